The second-order valence-corrected chi connectivity index (χ2v) is 5.59. The summed E-state index contributed by atoms with van der Waals surface area (Å²) in [5, 5.41) is 9.89. The van der Waals surface area contributed by atoms with Gasteiger partial charge in [-0.15, -0.1) is 0 Å². The van der Waals surface area contributed by atoms with Crippen molar-refractivity contribution in [1.29, 1.82) is 0 Å². The van der Waals surface area contributed by atoms with Crippen molar-refractivity contribution in [2.24, 2.45) is 17.3 Å². The first kappa shape index (κ1) is 11.6. The largest absolute Gasteiger partial charge is 0.388 e. The van der Waals surface area contributed by atoms with Crippen LogP contribution in [0.4, 0.5) is 0 Å². The molecule has 0 amide bonds. The summed E-state index contributed by atoms with van der Waals surface area (Å²) >= 11 is 0. The minimum atomic E-state index is -0.599. The molecule has 4 atom stereocenters. The molecular formula is C14H20O2. The third-order valence-corrected chi connectivity index (χ3v) is 4.47. The molecule has 2 heteroatoms. The molecule has 0 aliphatic heterocycles. The molecule has 0 aromatic heterocycles. The average molecular weight is 220 g/mol. The highest BCUT2D eigenvalue weighted by atomic mass is 16.3. The Balaban J connectivity index is 2.37. The summed E-state index contributed by atoms with van der Waals surface area (Å²) in [5.41, 5.74) is 1.83. The third kappa shape index (κ3) is 1.65. The van der Waals surface area contributed by atoms with E-state index >= 15 is 0 Å². The van der Waals surface area contributed by atoms with Gasteiger partial charge in [0.15, 0.2) is 0 Å². The molecule has 2 aliphatic carbocycles. The van der Waals surface area contributed by atoms with Crippen LogP contribution in [0.1, 0.15) is 33.1 Å². The van der Waals surface area contributed by atoms with E-state index in [-0.39, 0.29) is 5.41 Å². The Labute approximate surface area is 97.0 Å². The van der Waals surface area contributed by atoms with E-state index in [9.17, 15) is 9.90 Å². The van der Waals surface area contributed by atoms with Gasteiger partial charge >= 0.3 is 0 Å². The van der Waals surface area contributed by atoms with Crippen molar-refractivity contribution in [3.63, 3.8) is 0 Å². The number of fused-ring (bicyclic) bond motifs is 1. The van der Waals surface area contributed by atoms with Crippen molar-refractivity contribution in [3.8, 4) is 0 Å². The summed E-state index contributed by atoms with van der Waals surface area (Å²) in [4.78, 5) is 10.9. The molecular weight excluding hydrogens is 200 g/mol. The third-order valence-electron chi connectivity index (χ3n) is 4.47. The van der Waals surface area contributed by atoms with Crippen LogP contribution < -0.4 is 0 Å². The number of hydrogen-bond donors (Lipinski definition) is 1. The molecule has 1 saturated carbocycles. The van der Waals surface area contributed by atoms with E-state index in [1.165, 1.54) is 5.57 Å². The Bertz CT molecular complexity index is 356. The predicted molar refractivity (Wildman–Crippen MR) is 63.9 cm³/mol. The molecule has 16 heavy (non-hydrogen) atoms. The zero-order valence-electron chi connectivity index (χ0n) is 10.1. The van der Waals surface area contributed by atoms with Crippen molar-refractivity contribution in [1.82, 2.24) is 0 Å². The lowest BCUT2D eigenvalue weighted by Gasteiger charge is -2.47. The molecule has 0 radical (unpaired) electrons. The minimum Gasteiger partial charge on any atom is -0.388 e. The normalized spacial score (nSPS) is 43.6. The van der Waals surface area contributed by atoms with Gasteiger partial charge in [-0.1, -0.05) is 32.1 Å². The molecule has 88 valence electrons. The average Bonchev–Trinajstić information content (AvgIpc) is 2.26. The monoisotopic (exact) mass is 220 g/mol. The molecule has 0 spiro atoms. The standard InChI is InChI=1S/C14H20O2/c1-9-4-5-14(3)7-11(8-15)13(16)6-12(14)10(9)2/h7-9,12-13,16H,2,4-6H2,1,3H3/t9-,12?,13-,14+/m0/s1. The molecule has 1 fully saturated rings. The smallest absolute Gasteiger partial charge is 0.148 e. The fraction of sp³-hybridized carbons (Fsp3) is 0.643. The van der Waals surface area contributed by atoms with Crippen molar-refractivity contribution in [2.75, 3.05) is 0 Å². The molecule has 1 N–H and O–H groups in total. The van der Waals surface area contributed by atoms with E-state index in [1.807, 2.05) is 6.08 Å². The number of carbonyl (C=O) groups is 1. The van der Waals surface area contributed by atoms with Gasteiger partial charge in [0.25, 0.3) is 0 Å². The molecule has 0 bridgehead atoms. The Morgan fingerprint density at radius 3 is 2.94 bits per heavy atom. The van der Waals surface area contributed by atoms with Gasteiger partial charge in [-0.05, 0) is 36.5 Å². The summed E-state index contributed by atoms with van der Waals surface area (Å²) < 4.78 is 0. The number of allylic oxidation sites excluding steroid dienone is 2. The van der Waals surface area contributed by atoms with Crippen LogP contribution in [0, 0.1) is 17.3 Å². The highest BCUT2D eigenvalue weighted by molar-refractivity contribution is 5.75. The van der Waals surface area contributed by atoms with Crippen LogP contribution in [0.3, 0.4) is 0 Å². The summed E-state index contributed by atoms with van der Waals surface area (Å²) in [6.45, 7) is 8.57. The zero-order valence-corrected chi connectivity index (χ0v) is 10.1. The van der Waals surface area contributed by atoms with E-state index in [2.05, 4.69) is 20.4 Å². The fourth-order valence-electron chi connectivity index (χ4n) is 3.20. The Morgan fingerprint density at radius 1 is 1.62 bits per heavy atom. The molecule has 0 aromatic carbocycles. The summed E-state index contributed by atoms with van der Waals surface area (Å²) in [6, 6.07) is 0. The summed E-state index contributed by atoms with van der Waals surface area (Å²) in [5.74, 6) is 0.867. The highest BCUT2D eigenvalue weighted by Crippen LogP contribution is 2.51. The van der Waals surface area contributed by atoms with Crippen LogP contribution in [-0.2, 0) is 4.79 Å². The number of aldehydes is 1. The molecule has 0 heterocycles. The van der Waals surface area contributed by atoms with Gasteiger partial charge in [-0.25, -0.2) is 0 Å². The number of carbonyl (C=O) groups excluding carboxylic acids is 1. The molecule has 2 rings (SSSR count). The van der Waals surface area contributed by atoms with Crippen molar-refractivity contribution in [2.45, 2.75) is 39.2 Å². The Kier molecular flexibility index (Phi) is 2.79. The van der Waals surface area contributed by atoms with Gasteiger partial charge in [-0.2, -0.15) is 0 Å². The van der Waals surface area contributed by atoms with Gasteiger partial charge in [0.2, 0.25) is 0 Å². The lowest BCUT2D eigenvalue weighted by atomic mass is 9.58. The van der Waals surface area contributed by atoms with E-state index in [4.69, 9.17) is 0 Å². The second kappa shape index (κ2) is 3.85. The summed E-state index contributed by atoms with van der Waals surface area (Å²) in [7, 11) is 0. The molecule has 2 aliphatic rings. The van der Waals surface area contributed by atoms with Crippen LogP contribution in [0.25, 0.3) is 0 Å². The van der Waals surface area contributed by atoms with Gasteiger partial charge in [-0.3, -0.25) is 4.79 Å². The SMILES string of the molecule is C=C1C2C[C@H](O)C(C=O)=C[C@@]2(C)CC[C@@H]1C. The Morgan fingerprint density at radius 2 is 2.31 bits per heavy atom. The van der Waals surface area contributed by atoms with E-state index in [1.54, 1.807) is 0 Å². The second-order valence-electron chi connectivity index (χ2n) is 5.59. The van der Waals surface area contributed by atoms with Gasteiger partial charge in [0, 0.05) is 5.57 Å². The highest BCUT2D eigenvalue weighted by Gasteiger charge is 2.44. The number of rotatable bonds is 1. The maximum Gasteiger partial charge on any atom is 0.148 e. The van der Waals surface area contributed by atoms with Gasteiger partial charge in [0.1, 0.15) is 6.29 Å². The van der Waals surface area contributed by atoms with E-state index < -0.39 is 6.10 Å². The number of aliphatic hydroxyl groups excluding tert-OH is 1. The maximum atomic E-state index is 10.9. The van der Waals surface area contributed by atoms with E-state index in [0.29, 0.717) is 23.8 Å². The van der Waals surface area contributed by atoms with Crippen molar-refractivity contribution >= 4 is 6.29 Å². The lowest BCUT2D eigenvalue weighted by Crippen LogP contribution is -2.40. The van der Waals surface area contributed by atoms with Crippen LogP contribution in [0.2, 0.25) is 0 Å². The quantitative estimate of drug-likeness (QED) is 0.544. The first-order valence-electron chi connectivity index (χ1n) is 6.02. The fourth-order valence-corrected chi connectivity index (χ4v) is 3.20. The Hall–Kier alpha value is -0.890. The van der Waals surface area contributed by atoms with Crippen molar-refractivity contribution < 1.29 is 9.90 Å². The van der Waals surface area contributed by atoms with Crippen LogP contribution in [0.15, 0.2) is 23.8 Å². The first-order valence-corrected chi connectivity index (χ1v) is 6.02. The van der Waals surface area contributed by atoms with E-state index in [0.717, 1.165) is 19.1 Å². The molecule has 2 nitrogen and oxygen atoms in total. The number of hydrogen-bond acceptors (Lipinski definition) is 2. The van der Waals surface area contributed by atoms with Gasteiger partial charge < -0.3 is 5.11 Å². The molecule has 0 aromatic rings. The molecule has 1 unspecified atom stereocenters. The first-order chi connectivity index (χ1) is 7.48. The molecule has 0 saturated heterocycles. The lowest BCUT2D eigenvalue weighted by molar-refractivity contribution is -0.106. The number of aliphatic hydroxyl groups is 1. The topological polar surface area (TPSA) is 37.3 Å². The van der Waals surface area contributed by atoms with Crippen molar-refractivity contribution in [3.05, 3.63) is 23.8 Å². The zero-order chi connectivity index (χ0) is 11.9. The maximum absolute atomic E-state index is 10.9. The predicted octanol–water partition coefficient (Wildman–Crippen LogP) is 2.48. The van der Waals surface area contributed by atoms with Crippen LogP contribution in [-0.4, -0.2) is 17.5 Å². The minimum absolute atomic E-state index is 0.0269. The van der Waals surface area contributed by atoms with Gasteiger partial charge in [0.05, 0.1) is 6.10 Å². The summed E-state index contributed by atoms with van der Waals surface area (Å²) in [6.07, 6.45) is 5.05. The van der Waals surface area contributed by atoms with Crippen LogP contribution >= 0.6 is 0 Å². The van der Waals surface area contributed by atoms with Crippen LogP contribution in [0.5, 0.6) is 0 Å².